The molecule has 0 spiro atoms. The standard InChI is InChI=1S/C23H18N4O2S/c1-16-20(12-13-28-16)22-24-25-23(29-22)30-15-18-14-27(19-10-6-3-7-11-19)26-21(18)17-8-4-2-5-9-17/h2-14H,15H2,1H3. The van der Waals surface area contributed by atoms with Gasteiger partial charge in [-0.15, -0.1) is 10.2 Å². The molecule has 0 fully saturated rings. The predicted molar refractivity (Wildman–Crippen MR) is 115 cm³/mol. The number of nitrogens with zero attached hydrogens (tertiary/aromatic N) is 4. The summed E-state index contributed by atoms with van der Waals surface area (Å²) in [5, 5.41) is 13.7. The molecule has 30 heavy (non-hydrogen) atoms. The molecule has 0 saturated carbocycles. The molecule has 0 amide bonds. The Morgan fingerprint density at radius 3 is 2.43 bits per heavy atom. The lowest BCUT2D eigenvalue weighted by Gasteiger charge is -2.01. The van der Waals surface area contributed by atoms with Crippen molar-refractivity contribution in [3.63, 3.8) is 0 Å². The molecule has 3 aromatic heterocycles. The minimum absolute atomic E-state index is 0.465. The molecule has 148 valence electrons. The van der Waals surface area contributed by atoms with Gasteiger partial charge in [0.25, 0.3) is 11.1 Å². The van der Waals surface area contributed by atoms with Crippen molar-refractivity contribution in [3.05, 3.63) is 90.5 Å². The summed E-state index contributed by atoms with van der Waals surface area (Å²) in [7, 11) is 0. The molecule has 2 aromatic carbocycles. The number of thioether (sulfide) groups is 1. The van der Waals surface area contributed by atoms with Crippen LogP contribution in [-0.4, -0.2) is 20.0 Å². The van der Waals surface area contributed by atoms with Gasteiger partial charge >= 0.3 is 0 Å². The van der Waals surface area contributed by atoms with E-state index in [0.717, 1.165) is 33.8 Å². The lowest BCUT2D eigenvalue weighted by molar-refractivity contribution is 0.463. The minimum Gasteiger partial charge on any atom is -0.469 e. The highest BCUT2D eigenvalue weighted by atomic mass is 32.2. The lowest BCUT2D eigenvalue weighted by atomic mass is 10.1. The lowest BCUT2D eigenvalue weighted by Crippen LogP contribution is -1.93. The summed E-state index contributed by atoms with van der Waals surface area (Å²) in [5.41, 5.74) is 4.94. The Bertz CT molecular complexity index is 1260. The van der Waals surface area contributed by atoms with Crippen LogP contribution in [0.25, 0.3) is 28.4 Å². The van der Waals surface area contributed by atoms with Crippen molar-refractivity contribution in [2.24, 2.45) is 0 Å². The van der Waals surface area contributed by atoms with E-state index in [0.29, 0.717) is 16.9 Å². The number of benzene rings is 2. The Morgan fingerprint density at radius 1 is 0.933 bits per heavy atom. The number of para-hydroxylation sites is 1. The molecule has 0 unspecified atom stereocenters. The summed E-state index contributed by atoms with van der Waals surface area (Å²) in [4.78, 5) is 0. The van der Waals surface area contributed by atoms with Gasteiger partial charge in [-0.2, -0.15) is 5.10 Å². The van der Waals surface area contributed by atoms with Gasteiger partial charge in [0.1, 0.15) is 5.76 Å². The molecule has 5 aromatic rings. The average Bonchev–Trinajstić information content (AvgIpc) is 3.53. The number of rotatable bonds is 6. The largest absolute Gasteiger partial charge is 0.469 e. The first-order valence-electron chi connectivity index (χ1n) is 9.48. The molecule has 0 aliphatic heterocycles. The first kappa shape index (κ1) is 18.4. The topological polar surface area (TPSA) is 69.9 Å². The van der Waals surface area contributed by atoms with Gasteiger partial charge in [0.05, 0.1) is 23.2 Å². The fraction of sp³-hybridized carbons (Fsp3) is 0.0870. The van der Waals surface area contributed by atoms with Crippen molar-refractivity contribution in [3.8, 4) is 28.4 Å². The quantitative estimate of drug-likeness (QED) is 0.328. The van der Waals surface area contributed by atoms with Gasteiger partial charge in [-0.3, -0.25) is 0 Å². The maximum absolute atomic E-state index is 5.82. The number of hydrogen-bond acceptors (Lipinski definition) is 6. The van der Waals surface area contributed by atoms with Crippen LogP contribution in [0.1, 0.15) is 11.3 Å². The second-order valence-electron chi connectivity index (χ2n) is 6.70. The molecule has 5 rings (SSSR count). The second kappa shape index (κ2) is 8.04. The first-order chi connectivity index (χ1) is 14.8. The van der Waals surface area contributed by atoms with Crippen molar-refractivity contribution in [2.45, 2.75) is 17.9 Å². The maximum atomic E-state index is 5.82. The SMILES string of the molecule is Cc1occc1-c1nnc(SCc2cn(-c3ccccc3)nc2-c2ccccc2)o1. The zero-order valence-electron chi connectivity index (χ0n) is 16.2. The van der Waals surface area contributed by atoms with Crippen molar-refractivity contribution >= 4 is 11.8 Å². The number of aromatic nitrogens is 4. The molecule has 0 radical (unpaired) electrons. The minimum atomic E-state index is 0.465. The molecule has 7 heteroatoms. The third-order valence-electron chi connectivity index (χ3n) is 4.70. The summed E-state index contributed by atoms with van der Waals surface area (Å²) in [6.45, 7) is 1.87. The molecular formula is C23H18N4O2S. The maximum Gasteiger partial charge on any atom is 0.277 e. The van der Waals surface area contributed by atoms with Gasteiger partial charge in [-0.05, 0) is 25.1 Å². The fourth-order valence-electron chi connectivity index (χ4n) is 3.19. The summed E-state index contributed by atoms with van der Waals surface area (Å²) < 4.78 is 13.1. The average molecular weight is 414 g/mol. The summed E-state index contributed by atoms with van der Waals surface area (Å²) in [6, 6.07) is 22.1. The Balaban J connectivity index is 1.43. The van der Waals surface area contributed by atoms with Crippen molar-refractivity contribution < 1.29 is 8.83 Å². The molecule has 0 aliphatic rings. The highest BCUT2D eigenvalue weighted by molar-refractivity contribution is 7.98. The van der Waals surface area contributed by atoms with Gasteiger partial charge in [0, 0.05) is 23.1 Å². The second-order valence-corrected chi connectivity index (χ2v) is 7.63. The Hall–Kier alpha value is -3.58. The molecule has 0 bridgehead atoms. The van der Waals surface area contributed by atoms with E-state index < -0.39 is 0 Å². The van der Waals surface area contributed by atoms with Gasteiger partial charge in [-0.1, -0.05) is 60.3 Å². The van der Waals surface area contributed by atoms with Crippen LogP contribution in [0.15, 0.2) is 93.2 Å². The molecule has 0 N–H and O–H groups in total. The first-order valence-corrected chi connectivity index (χ1v) is 10.5. The van der Waals surface area contributed by atoms with E-state index in [4.69, 9.17) is 13.9 Å². The van der Waals surface area contributed by atoms with E-state index in [1.165, 1.54) is 11.8 Å². The molecule has 6 nitrogen and oxygen atoms in total. The Kier molecular flexibility index (Phi) is 4.94. The van der Waals surface area contributed by atoms with Gasteiger partial charge in [0.2, 0.25) is 0 Å². The molecule has 0 aliphatic carbocycles. The van der Waals surface area contributed by atoms with Crippen LogP contribution in [0.4, 0.5) is 0 Å². The number of furan rings is 1. The van der Waals surface area contributed by atoms with Crippen LogP contribution in [0, 0.1) is 6.92 Å². The van der Waals surface area contributed by atoms with Crippen molar-refractivity contribution in [1.82, 2.24) is 20.0 Å². The normalized spacial score (nSPS) is 11.1. The van der Waals surface area contributed by atoms with E-state index in [9.17, 15) is 0 Å². The molecule has 3 heterocycles. The van der Waals surface area contributed by atoms with Crippen LogP contribution in [0.5, 0.6) is 0 Å². The van der Waals surface area contributed by atoms with E-state index >= 15 is 0 Å². The summed E-state index contributed by atoms with van der Waals surface area (Å²) in [6.07, 6.45) is 3.67. The van der Waals surface area contributed by atoms with E-state index in [1.807, 2.05) is 66.2 Å². The van der Waals surface area contributed by atoms with Crippen LogP contribution in [-0.2, 0) is 5.75 Å². The fourth-order valence-corrected chi connectivity index (χ4v) is 3.92. The van der Waals surface area contributed by atoms with E-state index in [2.05, 4.69) is 28.5 Å². The molecular weight excluding hydrogens is 396 g/mol. The van der Waals surface area contributed by atoms with E-state index in [1.54, 1.807) is 6.26 Å². The smallest absolute Gasteiger partial charge is 0.277 e. The number of aryl methyl sites for hydroxylation is 1. The zero-order valence-corrected chi connectivity index (χ0v) is 17.0. The monoisotopic (exact) mass is 414 g/mol. The zero-order chi connectivity index (χ0) is 20.3. The van der Waals surface area contributed by atoms with Gasteiger partial charge < -0.3 is 8.83 Å². The molecule has 0 atom stereocenters. The number of hydrogen-bond donors (Lipinski definition) is 0. The van der Waals surface area contributed by atoms with Crippen molar-refractivity contribution in [1.29, 1.82) is 0 Å². The highest BCUT2D eigenvalue weighted by Gasteiger charge is 2.16. The van der Waals surface area contributed by atoms with E-state index in [-0.39, 0.29) is 0 Å². The van der Waals surface area contributed by atoms with Crippen molar-refractivity contribution in [2.75, 3.05) is 0 Å². The third kappa shape index (κ3) is 3.67. The van der Waals surface area contributed by atoms with Crippen LogP contribution in [0.3, 0.4) is 0 Å². The third-order valence-corrected chi connectivity index (χ3v) is 5.57. The predicted octanol–water partition coefficient (Wildman–Crippen LogP) is 5.78. The van der Waals surface area contributed by atoms with Gasteiger partial charge in [-0.25, -0.2) is 4.68 Å². The summed E-state index contributed by atoms with van der Waals surface area (Å²) in [5.74, 6) is 1.88. The van der Waals surface area contributed by atoms with Gasteiger partial charge in [0.15, 0.2) is 0 Å². The summed E-state index contributed by atoms with van der Waals surface area (Å²) >= 11 is 1.49. The Morgan fingerprint density at radius 2 is 1.70 bits per heavy atom. The van der Waals surface area contributed by atoms with Crippen LogP contribution < -0.4 is 0 Å². The van der Waals surface area contributed by atoms with Crippen LogP contribution >= 0.6 is 11.8 Å². The highest BCUT2D eigenvalue weighted by Crippen LogP contribution is 2.31. The Labute approximate surface area is 177 Å². The van der Waals surface area contributed by atoms with Crippen LogP contribution in [0.2, 0.25) is 0 Å². The molecule has 0 saturated heterocycles.